The predicted molar refractivity (Wildman–Crippen MR) is 78.8 cm³/mol. The summed E-state index contributed by atoms with van der Waals surface area (Å²) in [7, 11) is 2.04. The number of nitrogens with zero attached hydrogens (tertiary/aromatic N) is 1. The summed E-state index contributed by atoms with van der Waals surface area (Å²) in [4.78, 5) is 2.17. The molecule has 1 aliphatic rings. The molecule has 1 atom stereocenters. The van der Waals surface area contributed by atoms with Gasteiger partial charge in [-0.05, 0) is 37.0 Å². The van der Waals surface area contributed by atoms with Gasteiger partial charge in [0, 0.05) is 25.3 Å². The summed E-state index contributed by atoms with van der Waals surface area (Å²) < 4.78 is 13.3. The van der Waals surface area contributed by atoms with Gasteiger partial charge in [0.15, 0.2) is 0 Å². The zero-order chi connectivity index (χ0) is 13.7. The van der Waals surface area contributed by atoms with E-state index >= 15 is 0 Å². The number of nitrogens with two attached hydrogens (primary N) is 1. The Labute approximate surface area is 115 Å². The first-order valence-corrected chi connectivity index (χ1v) is 7.41. The zero-order valence-electron chi connectivity index (χ0n) is 11.8. The monoisotopic (exact) mass is 264 g/mol. The van der Waals surface area contributed by atoms with Gasteiger partial charge in [0.05, 0.1) is 0 Å². The number of anilines is 1. The zero-order valence-corrected chi connectivity index (χ0v) is 11.8. The molecule has 0 spiro atoms. The molecule has 0 aliphatic heterocycles. The van der Waals surface area contributed by atoms with E-state index in [1.54, 1.807) is 12.1 Å². The molecule has 0 heterocycles. The van der Waals surface area contributed by atoms with Crippen LogP contribution in [-0.2, 0) is 0 Å². The van der Waals surface area contributed by atoms with Crippen molar-refractivity contribution in [3.05, 3.63) is 30.1 Å². The van der Waals surface area contributed by atoms with Crippen LogP contribution in [0, 0.1) is 11.7 Å². The Kier molecular flexibility index (Phi) is 5.20. The van der Waals surface area contributed by atoms with Crippen molar-refractivity contribution in [3.8, 4) is 0 Å². The van der Waals surface area contributed by atoms with Crippen LogP contribution in [0.25, 0.3) is 0 Å². The number of rotatable bonds is 4. The summed E-state index contributed by atoms with van der Waals surface area (Å²) in [5.41, 5.74) is 6.93. The van der Waals surface area contributed by atoms with E-state index in [1.165, 1.54) is 44.6 Å². The smallest absolute Gasteiger partial charge is 0.125 e. The van der Waals surface area contributed by atoms with Gasteiger partial charge in [-0.1, -0.05) is 31.7 Å². The molecule has 0 aromatic heterocycles. The van der Waals surface area contributed by atoms with Crippen molar-refractivity contribution in [2.45, 2.75) is 44.6 Å². The maximum Gasteiger partial charge on any atom is 0.125 e. The molecule has 19 heavy (non-hydrogen) atoms. The Balaban J connectivity index is 2.11. The van der Waals surface area contributed by atoms with Crippen molar-refractivity contribution >= 4 is 5.69 Å². The molecule has 2 N–H and O–H groups in total. The molecule has 0 amide bonds. The molecule has 1 saturated carbocycles. The summed E-state index contributed by atoms with van der Waals surface area (Å²) in [6, 6.07) is 7.13. The molecule has 0 radical (unpaired) electrons. The van der Waals surface area contributed by atoms with Gasteiger partial charge in [-0.2, -0.15) is 0 Å². The van der Waals surface area contributed by atoms with Gasteiger partial charge in [0.2, 0.25) is 0 Å². The summed E-state index contributed by atoms with van der Waals surface area (Å²) in [6.07, 6.45) is 7.80. The van der Waals surface area contributed by atoms with Gasteiger partial charge in [-0.15, -0.1) is 0 Å². The fourth-order valence-corrected chi connectivity index (χ4v) is 3.25. The Hall–Kier alpha value is -1.09. The van der Waals surface area contributed by atoms with Crippen molar-refractivity contribution in [1.82, 2.24) is 0 Å². The minimum Gasteiger partial charge on any atom is -0.370 e. The van der Waals surface area contributed by atoms with Gasteiger partial charge in [-0.3, -0.25) is 0 Å². The van der Waals surface area contributed by atoms with E-state index in [4.69, 9.17) is 5.73 Å². The lowest BCUT2D eigenvalue weighted by molar-refractivity contribution is 0.368. The number of hydrogen-bond donors (Lipinski definition) is 1. The first kappa shape index (κ1) is 14.3. The molecule has 1 aromatic carbocycles. The Bertz CT molecular complexity index is 386. The van der Waals surface area contributed by atoms with E-state index in [2.05, 4.69) is 4.90 Å². The summed E-state index contributed by atoms with van der Waals surface area (Å²) in [5.74, 6) is 0.460. The average molecular weight is 264 g/mol. The Morgan fingerprint density at radius 1 is 1.26 bits per heavy atom. The molecular formula is C16H25FN2. The molecular weight excluding hydrogens is 239 g/mol. The van der Waals surface area contributed by atoms with Crippen LogP contribution in [0.4, 0.5) is 10.1 Å². The fourth-order valence-electron chi connectivity index (χ4n) is 3.25. The average Bonchev–Trinajstić information content (AvgIpc) is 2.69. The van der Waals surface area contributed by atoms with Crippen molar-refractivity contribution < 1.29 is 4.39 Å². The van der Waals surface area contributed by atoms with Crippen LogP contribution in [0.2, 0.25) is 0 Å². The van der Waals surface area contributed by atoms with Crippen molar-refractivity contribution in [1.29, 1.82) is 0 Å². The van der Waals surface area contributed by atoms with E-state index in [0.717, 1.165) is 5.69 Å². The highest BCUT2D eigenvalue weighted by molar-refractivity contribution is 5.46. The van der Waals surface area contributed by atoms with Gasteiger partial charge in [0.25, 0.3) is 0 Å². The second kappa shape index (κ2) is 6.90. The third kappa shape index (κ3) is 3.69. The first-order chi connectivity index (χ1) is 9.22. The van der Waals surface area contributed by atoms with E-state index in [1.807, 2.05) is 13.1 Å². The van der Waals surface area contributed by atoms with Crippen LogP contribution in [0.15, 0.2) is 24.3 Å². The largest absolute Gasteiger partial charge is 0.370 e. The fraction of sp³-hybridized carbons (Fsp3) is 0.625. The number of halogens is 1. The molecule has 3 heteroatoms. The molecule has 1 unspecified atom stereocenters. The van der Waals surface area contributed by atoms with E-state index in [9.17, 15) is 4.39 Å². The number of benzene rings is 1. The van der Waals surface area contributed by atoms with E-state index < -0.39 is 0 Å². The molecule has 2 nitrogen and oxygen atoms in total. The molecule has 1 fully saturated rings. The minimum absolute atomic E-state index is 0.180. The van der Waals surface area contributed by atoms with Gasteiger partial charge >= 0.3 is 0 Å². The van der Waals surface area contributed by atoms with Gasteiger partial charge in [-0.25, -0.2) is 4.39 Å². The third-order valence-corrected chi connectivity index (χ3v) is 4.40. The van der Waals surface area contributed by atoms with Crippen LogP contribution in [0.1, 0.15) is 38.5 Å². The molecule has 0 bridgehead atoms. The number of hydrogen-bond acceptors (Lipinski definition) is 2. The molecule has 0 saturated heterocycles. The highest BCUT2D eigenvalue weighted by Gasteiger charge is 2.25. The maximum atomic E-state index is 13.3. The second-order valence-electron chi connectivity index (χ2n) is 5.65. The summed E-state index contributed by atoms with van der Waals surface area (Å²) in [6.45, 7) is 0.637. The van der Waals surface area contributed by atoms with Crippen molar-refractivity contribution in [3.63, 3.8) is 0 Å². The van der Waals surface area contributed by atoms with Gasteiger partial charge < -0.3 is 10.6 Å². The normalized spacial score (nSPS) is 18.9. The second-order valence-corrected chi connectivity index (χ2v) is 5.65. The lowest BCUT2D eigenvalue weighted by Crippen LogP contribution is -2.43. The first-order valence-electron chi connectivity index (χ1n) is 7.41. The lowest BCUT2D eigenvalue weighted by atomic mass is 9.90. The molecule has 2 rings (SSSR count). The van der Waals surface area contributed by atoms with Crippen LogP contribution >= 0.6 is 0 Å². The third-order valence-electron chi connectivity index (χ3n) is 4.40. The van der Waals surface area contributed by atoms with Crippen molar-refractivity contribution in [2.75, 3.05) is 18.5 Å². The Morgan fingerprint density at radius 2 is 1.95 bits per heavy atom. The maximum absolute atomic E-state index is 13.3. The Morgan fingerprint density at radius 3 is 2.53 bits per heavy atom. The lowest BCUT2D eigenvalue weighted by Gasteiger charge is -2.35. The summed E-state index contributed by atoms with van der Waals surface area (Å²) >= 11 is 0. The molecule has 106 valence electrons. The molecule has 1 aromatic rings. The van der Waals surface area contributed by atoms with Crippen LogP contribution < -0.4 is 10.6 Å². The van der Waals surface area contributed by atoms with Crippen LogP contribution in [0.5, 0.6) is 0 Å². The quantitative estimate of drug-likeness (QED) is 0.843. The van der Waals surface area contributed by atoms with E-state index in [-0.39, 0.29) is 5.82 Å². The van der Waals surface area contributed by atoms with E-state index in [0.29, 0.717) is 18.5 Å². The minimum atomic E-state index is -0.180. The summed E-state index contributed by atoms with van der Waals surface area (Å²) in [5, 5.41) is 0. The van der Waals surface area contributed by atoms with Gasteiger partial charge in [0.1, 0.15) is 5.82 Å². The van der Waals surface area contributed by atoms with Crippen molar-refractivity contribution in [2.24, 2.45) is 11.7 Å². The highest BCUT2D eigenvalue weighted by Crippen LogP contribution is 2.29. The standard InChI is InChI=1S/C16H25FN2/c1-19(15-10-6-9-14(17)11-15)16(12-18)13-7-4-2-3-5-8-13/h6,9-11,13,16H,2-5,7-8,12,18H2,1H3. The van der Waals surface area contributed by atoms with Crippen LogP contribution in [-0.4, -0.2) is 19.6 Å². The topological polar surface area (TPSA) is 29.3 Å². The van der Waals surface area contributed by atoms with Crippen LogP contribution in [0.3, 0.4) is 0 Å². The predicted octanol–water partition coefficient (Wildman–Crippen LogP) is 3.56. The molecule has 1 aliphatic carbocycles. The number of likely N-dealkylation sites (N-methyl/N-ethyl adjacent to an activating group) is 1. The SMILES string of the molecule is CN(c1cccc(F)c1)C(CN)C1CCCCCC1. The highest BCUT2D eigenvalue weighted by atomic mass is 19.1.